The van der Waals surface area contributed by atoms with Gasteiger partial charge in [-0.25, -0.2) is 4.79 Å². The molecule has 14 heavy (non-hydrogen) atoms. The number of amides is 1. The Kier molecular flexibility index (Phi) is 2.77. The van der Waals surface area contributed by atoms with Gasteiger partial charge < -0.3 is 20.4 Å². The molecule has 0 aromatic rings. The van der Waals surface area contributed by atoms with Crippen molar-refractivity contribution >= 4 is 11.9 Å². The lowest BCUT2D eigenvalue weighted by molar-refractivity contribution is -0.146. The minimum Gasteiger partial charge on any atom is -0.479 e. The Morgan fingerprint density at radius 3 is 2.57 bits per heavy atom. The molecule has 2 atom stereocenters. The number of hydrogen-bond acceptors (Lipinski definition) is 4. The zero-order valence-electron chi connectivity index (χ0n) is 8.15. The number of carboxylic acids is 1. The molecule has 1 fully saturated rings. The maximum absolute atomic E-state index is 11.0. The van der Waals surface area contributed by atoms with Gasteiger partial charge in [-0.2, -0.15) is 0 Å². The number of carboxylic acid groups (broad SMARTS) is 1. The molecule has 0 unspecified atom stereocenters. The van der Waals surface area contributed by atoms with Crippen molar-refractivity contribution < 1.29 is 19.8 Å². The third-order valence-electron chi connectivity index (χ3n) is 2.20. The number of aliphatic carboxylic acids is 1. The lowest BCUT2D eigenvalue weighted by atomic mass is 9.96. The van der Waals surface area contributed by atoms with Crippen molar-refractivity contribution in [3.05, 3.63) is 0 Å². The van der Waals surface area contributed by atoms with E-state index in [0.717, 1.165) is 0 Å². The van der Waals surface area contributed by atoms with E-state index in [1.807, 2.05) is 0 Å². The van der Waals surface area contributed by atoms with E-state index in [0.29, 0.717) is 0 Å². The second kappa shape index (κ2) is 3.55. The highest BCUT2D eigenvalue weighted by Gasteiger charge is 2.49. The molecule has 0 aliphatic carbocycles. The van der Waals surface area contributed by atoms with E-state index >= 15 is 0 Å². The largest absolute Gasteiger partial charge is 0.479 e. The van der Waals surface area contributed by atoms with Crippen molar-refractivity contribution in [1.29, 1.82) is 0 Å². The fraction of sp³-hybridized carbons (Fsp3) is 0.750. The van der Waals surface area contributed by atoms with Gasteiger partial charge in [-0.15, -0.1) is 0 Å². The van der Waals surface area contributed by atoms with Crippen LogP contribution in [0.2, 0.25) is 0 Å². The number of carbonyl (C=O) groups is 2. The summed E-state index contributed by atoms with van der Waals surface area (Å²) in [6, 6.07) is 0. The number of aliphatic hydroxyl groups excluding tert-OH is 1. The summed E-state index contributed by atoms with van der Waals surface area (Å²) < 4.78 is 0. The van der Waals surface area contributed by atoms with Gasteiger partial charge in [0.2, 0.25) is 5.91 Å². The number of likely N-dealkylation sites (N-methyl/N-ethyl adjacent to an activating group) is 1. The van der Waals surface area contributed by atoms with Gasteiger partial charge in [-0.05, 0) is 14.1 Å². The molecular formula is C8H14N2O4. The molecule has 1 amide bonds. The predicted octanol–water partition coefficient (Wildman–Crippen LogP) is -1.75. The van der Waals surface area contributed by atoms with Gasteiger partial charge in [0.15, 0.2) is 5.54 Å². The van der Waals surface area contributed by atoms with Crippen LogP contribution in [0, 0.1) is 0 Å². The Hall–Kier alpha value is -1.14. The first kappa shape index (κ1) is 10.9. The van der Waals surface area contributed by atoms with Crippen LogP contribution >= 0.6 is 0 Å². The highest BCUT2D eigenvalue weighted by atomic mass is 16.4. The van der Waals surface area contributed by atoms with E-state index in [4.69, 9.17) is 5.11 Å². The van der Waals surface area contributed by atoms with E-state index in [2.05, 4.69) is 5.32 Å². The fourth-order valence-corrected chi connectivity index (χ4v) is 1.65. The van der Waals surface area contributed by atoms with Crippen LogP contribution < -0.4 is 5.32 Å². The molecular weight excluding hydrogens is 188 g/mol. The first-order valence-corrected chi connectivity index (χ1v) is 4.25. The van der Waals surface area contributed by atoms with Crippen LogP contribution in [0.15, 0.2) is 0 Å². The quantitative estimate of drug-likeness (QED) is 0.505. The summed E-state index contributed by atoms with van der Waals surface area (Å²) >= 11 is 0. The molecule has 6 nitrogen and oxygen atoms in total. The molecule has 0 aromatic heterocycles. The van der Waals surface area contributed by atoms with Crippen LogP contribution in [0.25, 0.3) is 0 Å². The highest BCUT2D eigenvalue weighted by Crippen LogP contribution is 2.21. The molecule has 0 saturated carbocycles. The van der Waals surface area contributed by atoms with Crippen LogP contribution in [0.5, 0.6) is 0 Å². The molecule has 0 spiro atoms. The molecule has 1 saturated heterocycles. The standard InChI is InChI=1S/C8H14N2O4/c1-10(2)4-8(7(13)14)3-5(11)6(12)9-8/h5,11H,3-4H2,1-2H3,(H,9,12)(H,13,14)/t5-,8-/m0/s1. The average molecular weight is 202 g/mol. The van der Waals surface area contributed by atoms with Gasteiger partial charge in [0.1, 0.15) is 6.10 Å². The van der Waals surface area contributed by atoms with Crippen LogP contribution in [0.4, 0.5) is 0 Å². The fourth-order valence-electron chi connectivity index (χ4n) is 1.65. The highest BCUT2D eigenvalue weighted by molar-refractivity contribution is 5.93. The smallest absolute Gasteiger partial charge is 0.330 e. The van der Waals surface area contributed by atoms with Crippen molar-refractivity contribution in [3.63, 3.8) is 0 Å². The average Bonchev–Trinajstić information content (AvgIpc) is 2.27. The maximum atomic E-state index is 11.0. The predicted molar refractivity (Wildman–Crippen MR) is 47.7 cm³/mol. The summed E-state index contributed by atoms with van der Waals surface area (Å²) in [6.45, 7) is 0.172. The topological polar surface area (TPSA) is 89.9 Å². The number of aliphatic hydroxyl groups is 1. The third-order valence-corrected chi connectivity index (χ3v) is 2.20. The first-order valence-electron chi connectivity index (χ1n) is 4.25. The summed E-state index contributed by atoms with van der Waals surface area (Å²) in [6.07, 6.45) is -1.30. The van der Waals surface area contributed by atoms with Gasteiger partial charge in [0.05, 0.1) is 0 Å². The van der Waals surface area contributed by atoms with Crippen molar-refractivity contribution in [2.45, 2.75) is 18.1 Å². The second-order valence-electron chi connectivity index (χ2n) is 3.83. The summed E-state index contributed by atoms with van der Waals surface area (Å²) in [5.41, 5.74) is -1.35. The van der Waals surface area contributed by atoms with E-state index < -0.39 is 23.5 Å². The Bertz CT molecular complexity index is 266. The second-order valence-corrected chi connectivity index (χ2v) is 3.83. The normalized spacial score (nSPS) is 32.0. The number of nitrogens with zero attached hydrogens (tertiary/aromatic N) is 1. The summed E-state index contributed by atoms with van der Waals surface area (Å²) in [4.78, 5) is 23.7. The Labute approximate surface area is 81.5 Å². The summed E-state index contributed by atoms with van der Waals surface area (Å²) in [7, 11) is 3.42. The zero-order valence-corrected chi connectivity index (χ0v) is 8.15. The molecule has 1 aliphatic rings. The molecule has 6 heteroatoms. The van der Waals surface area contributed by atoms with E-state index in [1.54, 1.807) is 19.0 Å². The minimum atomic E-state index is -1.35. The lowest BCUT2D eigenvalue weighted by Crippen LogP contribution is -2.55. The van der Waals surface area contributed by atoms with E-state index in [-0.39, 0.29) is 13.0 Å². The SMILES string of the molecule is CN(C)C[C@]1(C(=O)O)C[C@H](O)C(=O)N1. The van der Waals surface area contributed by atoms with Crippen molar-refractivity contribution in [2.75, 3.05) is 20.6 Å². The van der Waals surface area contributed by atoms with Crippen LogP contribution in [-0.4, -0.2) is 59.3 Å². The molecule has 0 radical (unpaired) electrons. The maximum Gasteiger partial charge on any atom is 0.330 e. The third kappa shape index (κ3) is 1.85. The zero-order chi connectivity index (χ0) is 10.9. The molecule has 3 N–H and O–H groups in total. The van der Waals surface area contributed by atoms with Crippen LogP contribution in [0.3, 0.4) is 0 Å². The number of carbonyl (C=O) groups excluding carboxylic acids is 1. The van der Waals surface area contributed by atoms with Gasteiger partial charge in [0, 0.05) is 13.0 Å². The van der Waals surface area contributed by atoms with Crippen molar-refractivity contribution in [3.8, 4) is 0 Å². The Balaban J connectivity index is 2.85. The van der Waals surface area contributed by atoms with E-state index in [1.165, 1.54) is 0 Å². The number of hydrogen-bond donors (Lipinski definition) is 3. The van der Waals surface area contributed by atoms with Crippen molar-refractivity contribution in [1.82, 2.24) is 10.2 Å². The Morgan fingerprint density at radius 2 is 2.29 bits per heavy atom. The molecule has 1 heterocycles. The lowest BCUT2D eigenvalue weighted by Gasteiger charge is -2.27. The molecule has 0 bridgehead atoms. The van der Waals surface area contributed by atoms with Gasteiger partial charge in [-0.1, -0.05) is 0 Å². The van der Waals surface area contributed by atoms with E-state index in [9.17, 15) is 14.7 Å². The molecule has 80 valence electrons. The van der Waals surface area contributed by atoms with Gasteiger partial charge in [0.25, 0.3) is 0 Å². The minimum absolute atomic E-state index is 0.0840. The van der Waals surface area contributed by atoms with Crippen molar-refractivity contribution in [2.24, 2.45) is 0 Å². The molecule has 1 aliphatic heterocycles. The van der Waals surface area contributed by atoms with Gasteiger partial charge in [-0.3, -0.25) is 4.79 Å². The van der Waals surface area contributed by atoms with Gasteiger partial charge >= 0.3 is 5.97 Å². The number of rotatable bonds is 3. The molecule has 0 aromatic carbocycles. The van der Waals surface area contributed by atoms with Crippen LogP contribution in [0.1, 0.15) is 6.42 Å². The van der Waals surface area contributed by atoms with Crippen LogP contribution in [-0.2, 0) is 9.59 Å². The number of nitrogens with one attached hydrogen (secondary N) is 1. The molecule has 1 rings (SSSR count). The first-order chi connectivity index (χ1) is 6.37. The Morgan fingerprint density at radius 1 is 1.71 bits per heavy atom. The summed E-state index contributed by atoms with van der Waals surface area (Å²) in [5, 5.41) is 20.5. The summed E-state index contributed by atoms with van der Waals surface area (Å²) in [5.74, 6) is -1.73. The monoisotopic (exact) mass is 202 g/mol.